The minimum absolute atomic E-state index is 0.205. The Bertz CT molecular complexity index is 921. The van der Waals surface area contributed by atoms with Crippen molar-refractivity contribution in [3.05, 3.63) is 64.1 Å². The number of nitrogens with one attached hydrogen (secondary N) is 1. The summed E-state index contributed by atoms with van der Waals surface area (Å²) in [6.07, 6.45) is -7.73. The summed E-state index contributed by atoms with van der Waals surface area (Å²) in [7, 11) is 0. The molecule has 1 N–H and O–H groups in total. The minimum atomic E-state index is -4.75. The average Bonchev–Trinajstić information content (AvgIpc) is 2.63. The summed E-state index contributed by atoms with van der Waals surface area (Å²) in [4.78, 5) is 20.3. The molecular formula is C18H14BrF4N3O2. The summed E-state index contributed by atoms with van der Waals surface area (Å²) < 4.78 is 59.6. The van der Waals surface area contributed by atoms with E-state index in [0.717, 1.165) is 6.07 Å². The van der Waals surface area contributed by atoms with Crippen molar-refractivity contribution < 1.29 is 27.1 Å². The van der Waals surface area contributed by atoms with Gasteiger partial charge in [-0.15, -0.1) is 0 Å². The number of nitrogens with zero attached hydrogens (tertiary/aromatic N) is 2. The number of aliphatic imine (C=N–C) groups is 1. The smallest absolute Gasteiger partial charge is 0.425 e. The standard InChI is InChI=1S/C18H14BrF4N3O2/c1-17(14-11(20)7-8-13(19)24-14)9-12(18(21,22)23)28-16(26-17)25-15(27)10-5-3-2-4-6-10/h2-8,12H,9H2,1H3,(H,25,26,27). The number of hydrogen-bond acceptors (Lipinski definition) is 4. The number of alkyl halides is 3. The zero-order chi connectivity index (χ0) is 20.5. The number of rotatable bonds is 2. The van der Waals surface area contributed by atoms with Gasteiger partial charge in [-0.1, -0.05) is 18.2 Å². The number of carbonyl (C=O) groups is 1. The number of hydrogen-bond donors (Lipinski definition) is 1. The molecule has 0 saturated carbocycles. The lowest BCUT2D eigenvalue weighted by Gasteiger charge is -2.36. The summed E-state index contributed by atoms with van der Waals surface area (Å²) in [6, 6.07) is 9.60. The number of aromatic nitrogens is 1. The van der Waals surface area contributed by atoms with E-state index in [0.29, 0.717) is 0 Å². The number of halogens is 5. The molecule has 2 aromatic rings. The molecule has 3 rings (SSSR count). The summed E-state index contributed by atoms with van der Waals surface area (Å²) in [5.74, 6) is -1.52. The van der Waals surface area contributed by atoms with Crippen LogP contribution >= 0.6 is 15.9 Å². The van der Waals surface area contributed by atoms with Crippen molar-refractivity contribution in [3.63, 3.8) is 0 Å². The molecule has 5 nitrogen and oxygen atoms in total. The molecule has 0 spiro atoms. The maximum atomic E-state index is 14.3. The minimum Gasteiger partial charge on any atom is -0.452 e. The van der Waals surface area contributed by atoms with Crippen LogP contribution in [0, 0.1) is 5.82 Å². The molecule has 1 aromatic carbocycles. The fourth-order valence-corrected chi connectivity index (χ4v) is 3.09. The highest BCUT2D eigenvalue weighted by atomic mass is 79.9. The van der Waals surface area contributed by atoms with Gasteiger partial charge < -0.3 is 4.74 Å². The van der Waals surface area contributed by atoms with Gasteiger partial charge in [0.1, 0.15) is 21.7 Å². The van der Waals surface area contributed by atoms with Gasteiger partial charge in [-0.2, -0.15) is 13.2 Å². The third kappa shape index (κ3) is 4.32. The van der Waals surface area contributed by atoms with E-state index >= 15 is 0 Å². The second kappa shape index (κ2) is 7.50. The normalized spacial score (nSPS) is 22.2. The van der Waals surface area contributed by atoms with E-state index in [9.17, 15) is 22.4 Å². The zero-order valence-corrected chi connectivity index (χ0v) is 16.0. The summed E-state index contributed by atoms with van der Waals surface area (Å²) >= 11 is 3.08. The van der Waals surface area contributed by atoms with Gasteiger partial charge in [0.15, 0.2) is 6.10 Å². The van der Waals surface area contributed by atoms with Gasteiger partial charge in [0.2, 0.25) is 0 Å². The monoisotopic (exact) mass is 459 g/mol. The van der Waals surface area contributed by atoms with E-state index in [2.05, 4.69) is 31.2 Å². The predicted molar refractivity (Wildman–Crippen MR) is 96.1 cm³/mol. The van der Waals surface area contributed by atoms with Crippen LogP contribution in [0.1, 0.15) is 29.4 Å². The predicted octanol–water partition coefficient (Wildman–Crippen LogP) is 4.34. The number of amidine groups is 1. The van der Waals surface area contributed by atoms with Gasteiger partial charge in [-0.25, -0.2) is 14.4 Å². The van der Waals surface area contributed by atoms with Crippen LogP contribution in [0.15, 0.2) is 52.1 Å². The van der Waals surface area contributed by atoms with Crippen molar-refractivity contribution >= 4 is 27.9 Å². The Morgan fingerprint density at radius 1 is 1.25 bits per heavy atom. The molecule has 28 heavy (non-hydrogen) atoms. The first kappa shape index (κ1) is 20.2. The molecule has 0 radical (unpaired) electrons. The molecule has 10 heteroatoms. The second-order valence-corrected chi connectivity index (χ2v) is 7.14. The topological polar surface area (TPSA) is 63.6 Å². The first-order chi connectivity index (χ1) is 13.1. The lowest BCUT2D eigenvalue weighted by atomic mass is 9.89. The molecule has 0 fully saturated rings. The molecule has 0 aliphatic carbocycles. The third-order valence-electron chi connectivity index (χ3n) is 4.13. The number of ether oxygens (including phenoxy) is 1. The Hall–Kier alpha value is -2.49. The lowest BCUT2D eigenvalue weighted by Crippen LogP contribution is -2.49. The van der Waals surface area contributed by atoms with Crippen molar-refractivity contribution in [1.29, 1.82) is 0 Å². The van der Waals surface area contributed by atoms with E-state index in [1.807, 2.05) is 0 Å². The Labute approximate surface area is 166 Å². The van der Waals surface area contributed by atoms with Crippen LogP contribution < -0.4 is 5.32 Å². The summed E-state index contributed by atoms with van der Waals surface area (Å²) in [5, 5.41) is 2.22. The number of amides is 1. The van der Waals surface area contributed by atoms with Crippen LogP contribution in [-0.2, 0) is 10.3 Å². The highest BCUT2D eigenvalue weighted by Crippen LogP contribution is 2.40. The molecule has 1 aliphatic rings. The Morgan fingerprint density at radius 2 is 1.93 bits per heavy atom. The van der Waals surface area contributed by atoms with E-state index in [1.165, 1.54) is 25.1 Å². The zero-order valence-electron chi connectivity index (χ0n) is 14.4. The SMILES string of the molecule is CC1(c2nc(Br)ccc2F)CC(C(F)(F)F)OC(NC(=O)c2ccccc2)=N1. The van der Waals surface area contributed by atoms with Crippen LogP contribution in [0.25, 0.3) is 0 Å². The largest absolute Gasteiger partial charge is 0.452 e. The molecule has 0 bridgehead atoms. The molecule has 2 unspecified atom stereocenters. The molecule has 0 saturated heterocycles. The highest BCUT2D eigenvalue weighted by molar-refractivity contribution is 9.10. The van der Waals surface area contributed by atoms with E-state index in [-0.39, 0.29) is 15.9 Å². The Morgan fingerprint density at radius 3 is 2.57 bits per heavy atom. The number of pyridine rings is 1. The van der Waals surface area contributed by atoms with Crippen molar-refractivity contribution in [2.75, 3.05) is 0 Å². The van der Waals surface area contributed by atoms with Crippen molar-refractivity contribution in [2.45, 2.75) is 31.2 Å². The third-order valence-corrected chi connectivity index (χ3v) is 4.57. The molecule has 1 amide bonds. The molecular weight excluding hydrogens is 446 g/mol. The molecule has 2 atom stereocenters. The maximum Gasteiger partial charge on any atom is 0.425 e. The van der Waals surface area contributed by atoms with Crippen molar-refractivity contribution in [2.24, 2.45) is 4.99 Å². The van der Waals surface area contributed by atoms with Crippen LogP contribution in [0.4, 0.5) is 17.6 Å². The van der Waals surface area contributed by atoms with Gasteiger partial charge in [0, 0.05) is 12.0 Å². The summed E-state index contributed by atoms with van der Waals surface area (Å²) in [6.45, 7) is 1.31. The Balaban J connectivity index is 2.00. The lowest BCUT2D eigenvalue weighted by molar-refractivity contribution is -0.208. The van der Waals surface area contributed by atoms with Gasteiger partial charge in [-0.05, 0) is 47.1 Å². The molecule has 148 valence electrons. The van der Waals surface area contributed by atoms with Gasteiger partial charge in [0.25, 0.3) is 11.9 Å². The first-order valence-electron chi connectivity index (χ1n) is 8.11. The van der Waals surface area contributed by atoms with E-state index < -0.39 is 42.0 Å². The highest BCUT2D eigenvalue weighted by Gasteiger charge is 2.51. The number of benzene rings is 1. The van der Waals surface area contributed by atoms with Crippen LogP contribution in [-0.4, -0.2) is 29.2 Å². The van der Waals surface area contributed by atoms with Gasteiger partial charge >= 0.3 is 6.18 Å². The Kier molecular flexibility index (Phi) is 5.42. The summed E-state index contributed by atoms with van der Waals surface area (Å²) in [5.41, 5.74) is -1.78. The van der Waals surface area contributed by atoms with Crippen LogP contribution in [0.5, 0.6) is 0 Å². The van der Waals surface area contributed by atoms with Crippen LogP contribution in [0.2, 0.25) is 0 Å². The van der Waals surface area contributed by atoms with Crippen molar-refractivity contribution in [3.8, 4) is 0 Å². The van der Waals surface area contributed by atoms with Crippen molar-refractivity contribution in [1.82, 2.24) is 10.3 Å². The average molecular weight is 460 g/mol. The molecule has 1 aliphatic heterocycles. The molecule has 2 heterocycles. The first-order valence-corrected chi connectivity index (χ1v) is 8.90. The number of carbonyl (C=O) groups excluding carboxylic acids is 1. The second-order valence-electron chi connectivity index (χ2n) is 6.33. The van der Waals surface area contributed by atoms with Crippen LogP contribution in [0.3, 0.4) is 0 Å². The fraction of sp³-hybridized carbons (Fsp3) is 0.278. The molecule has 1 aromatic heterocycles. The van der Waals surface area contributed by atoms with E-state index in [1.54, 1.807) is 18.2 Å². The van der Waals surface area contributed by atoms with Gasteiger partial charge in [0.05, 0.1) is 0 Å². The fourth-order valence-electron chi connectivity index (χ4n) is 2.78. The quantitative estimate of drug-likeness (QED) is 0.536. The maximum absolute atomic E-state index is 14.3. The van der Waals surface area contributed by atoms with Gasteiger partial charge in [-0.3, -0.25) is 10.1 Å². The van der Waals surface area contributed by atoms with E-state index in [4.69, 9.17) is 4.74 Å².